The van der Waals surface area contributed by atoms with Crippen LogP contribution in [0.1, 0.15) is 17.9 Å². The van der Waals surface area contributed by atoms with Gasteiger partial charge >= 0.3 is 5.97 Å². The first-order valence-corrected chi connectivity index (χ1v) is 10.4. The van der Waals surface area contributed by atoms with Crippen LogP contribution in [0.3, 0.4) is 0 Å². The lowest BCUT2D eigenvalue weighted by Crippen LogP contribution is -2.43. The Morgan fingerprint density at radius 1 is 1.28 bits per heavy atom. The molecule has 7 nitrogen and oxygen atoms in total. The summed E-state index contributed by atoms with van der Waals surface area (Å²) in [6.45, 7) is -0.377. The quantitative estimate of drug-likeness (QED) is 0.569. The van der Waals surface area contributed by atoms with Gasteiger partial charge in [0.05, 0.1) is 5.02 Å². The Kier molecular flexibility index (Phi) is 6.08. The van der Waals surface area contributed by atoms with E-state index >= 15 is 0 Å². The number of esters is 1. The van der Waals surface area contributed by atoms with Gasteiger partial charge in [-0.15, -0.1) is 0 Å². The lowest BCUT2D eigenvalue weighted by molar-refractivity contribution is -0.153. The molecule has 2 aromatic carbocycles. The number of ether oxygens (including phenoxy) is 1. The van der Waals surface area contributed by atoms with Crippen molar-refractivity contribution in [2.24, 2.45) is 0 Å². The number of likely N-dealkylation sites (N-methyl/N-ethyl adjacent to an activating group) is 1. The van der Waals surface area contributed by atoms with E-state index in [9.17, 15) is 24.2 Å². The third-order valence-corrected chi connectivity index (χ3v) is 5.99. The van der Waals surface area contributed by atoms with Crippen LogP contribution >= 0.6 is 11.6 Å². The zero-order valence-corrected chi connectivity index (χ0v) is 17.9. The maximum absolute atomic E-state index is 12.9. The van der Waals surface area contributed by atoms with Crippen molar-refractivity contribution in [3.63, 3.8) is 0 Å². The van der Waals surface area contributed by atoms with Crippen LogP contribution in [0.25, 0.3) is 22.3 Å². The van der Waals surface area contributed by atoms with Gasteiger partial charge in [-0.1, -0.05) is 23.7 Å². The van der Waals surface area contributed by atoms with Gasteiger partial charge in [-0.3, -0.25) is 4.79 Å². The summed E-state index contributed by atoms with van der Waals surface area (Å²) in [5, 5.41) is 21.4. The molecule has 1 aromatic heterocycles. The first-order valence-electron chi connectivity index (χ1n) is 10.0. The van der Waals surface area contributed by atoms with Gasteiger partial charge in [-0.25, -0.2) is 9.18 Å². The molecule has 1 saturated heterocycles. The fourth-order valence-corrected chi connectivity index (χ4v) is 4.42. The minimum Gasteiger partial charge on any atom is -0.507 e. The number of hydrogen-bond donors (Lipinski definition) is 2. The highest BCUT2D eigenvalue weighted by Gasteiger charge is 2.36. The average Bonchev–Trinajstić information content (AvgIpc) is 2.74. The number of rotatable bonds is 4. The van der Waals surface area contributed by atoms with Gasteiger partial charge in [0.25, 0.3) is 0 Å². The van der Waals surface area contributed by atoms with Crippen LogP contribution in [0, 0.1) is 0 Å². The summed E-state index contributed by atoms with van der Waals surface area (Å²) in [7, 11) is 1.83. The van der Waals surface area contributed by atoms with Crippen LogP contribution in [0.15, 0.2) is 45.6 Å². The number of likely N-dealkylation sites (tertiary alicyclic amines) is 1. The van der Waals surface area contributed by atoms with E-state index in [1.165, 1.54) is 6.07 Å². The number of fused-ring (bicyclic) bond motifs is 1. The maximum atomic E-state index is 12.9. The Balaban J connectivity index is 1.95. The summed E-state index contributed by atoms with van der Waals surface area (Å²) in [5.74, 6) is -2.20. The van der Waals surface area contributed by atoms with Gasteiger partial charge < -0.3 is 24.3 Å². The van der Waals surface area contributed by atoms with Crippen molar-refractivity contribution in [2.75, 3.05) is 26.8 Å². The predicted molar refractivity (Wildman–Crippen MR) is 117 cm³/mol. The van der Waals surface area contributed by atoms with E-state index in [-0.39, 0.29) is 28.0 Å². The van der Waals surface area contributed by atoms with Crippen LogP contribution in [-0.4, -0.2) is 54.0 Å². The SMILES string of the molecule is CN1CCC(c2c(O)cc(O)c3c(=O)cc(-c4ccccc4Cl)oc23)C(OC(=O)CF)C1. The van der Waals surface area contributed by atoms with E-state index in [0.29, 0.717) is 30.1 Å². The van der Waals surface area contributed by atoms with Crippen LogP contribution < -0.4 is 5.43 Å². The molecule has 1 fully saturated rings. The molecule has 0 saturated carbocycles. The van der Waals surface area contributed by atoms with Crippen molar-refractivity contribution in [1.29, 1.82) is 0 Å². The summed E-state index contributed by atoms with van der Waals surface area (Å²) in [5.41, 5.74) is 0.130. The number of phenols is 2. The molecular weight excluding hydrogens is 441 g/mol. The predicted octanol–water partition coefficient (Wildman–Crippen LogP) is 3.83. The van der Waals surface area contributed by atoms with Crippen molar-refractivity contribution in [1.82, 2.24) is 4.90 Å². The van der Waals surface area contributed by atoms with Crippen LogP contribution in [0.4, 0.5) is 4.39 Å². The molecule has 0 spiro atoms. The van der Waals surface area contributed by atoms with Crippen LogP contribution in [0.5, 0.6) is 11.5 Å². The number of alkyl halides is 1. The molecule has 0 aliphatic carbocycles. The Labute approximate surface area is 187 Å². The zero-order chi connectivity index (χ0) is 23.0. The number of halogens is 2. The molecular formula is C23H21ClFNO6. The monoisotopic (exact) mass is 461 g/mol. The largest absolute Gasteiger partial charge is 0.507 e. The van der Waals surface area contributed by atoms with Crippen LogP contribution in [-0.2, 0) is 9.53 Å². The molecule has 9 heteroatoms. The number of phenolic OH excluding ortho intramolecular Hbond substituents is 2. The lowest BCUT2D eigenvalue weighted by Gasteiger charge is -2.36. The van der Waals surface area contributed by atoms with Crippen molar-refractivity contribution in [3.8, 4) is 22.8 Å². The van der Waals surface area contributed by atoms with Gasteiger partial charge in [0.15, 0.2) is 12.1 Å². The summed E-state index contributed by atoms with van der Waals surface area (Å²) >= 11 is 6.27. The Morgan fingerprint density at radius 3 is 2.75 bits per heavy atom. The molecule has 2 N–H and O–H groups in total. The molecule has 0 radical (unpaired) electrons. The fourth-order valence-electron chi connectivity index (χ4n) is 4.19. The normalized spacial score (nSPS) is 19.2. The van der Waals surface area contributed by atoms with E-state index < -0.39 is 35.8 Å². The van der Waals surface area contributed by atoms with E-state index in [4.69, 9.17) is 20.8 Å². The molecule has 3 aromatic rings. The number of carbonyl (C=O) groups excluding carboxylic acids is 1. The number of aromatic hydroxyl groups is 2. The second kappa shape index (κ2) is 8.80. The Morgan fingerprint density at radius 2 is 2.03 bits per heavy atom. The summed E-state index contributed by atoms with van der Waals surface area (Å²) in [6.07, 6.45) is -0.348. The molecule has 1 aliphatic heterocycles. The summed E-state index contributed by atoms with van der Waals surface area (Å²) in [6, 6.07) is 9.07. The highest BCUT2D eigenvalue weighted by atomic mass is 35.5. The second-order valence-corrected chi connectivity index (χ2v) is 8.21. The molecule has 2 heterocycles. The third kappa shape index (κ3) is 4.03. The standard InChI is InChI=1S/C23H21ClFNO6/c1-26-7-6-13(19(11-26)31-20(30)10-25)21-15(27)8-16(28)22-17(29)9-18(32-23(21)22)12-4-2-3-5-14(12)24/h2-5,8-9,13,19,27-28H,6-7,10-11H2,1H3. The van der Waals surface area contributed by atoms with E-state index in [1.54, 1.807) is 24.3 Å². The van der Waals surface area contributed by atoms with E-state index in [0.717, 1.165) is 6.07 Å². The van der Waals surface area contributed by atoms with Gasteiger partial charge in [0.1, 0.15) is 34.3 Å². The highest BCUT2D eigenvalue weighted by Crippen LogP contribution is 2.43. The van der Waals surface area contributed by atoms with E-state index in [1.807, 2.05) is 11.9 Å². The van der Waals surface area contributed by atoms with Crippen molar-refractivity contribution >= 4 is 28.5 Å². The van der Waals surface area contributed by atoms with Crippen molar-refractivity contribution in [2.45, 2.75) is 18.4 Å². The highest BCUT2D eigenvalue weighted by molar-refractivity contribution is 6.33. The Hall–Kier alpha value is -3.10. The average molecular weight is 462 g/mol. The first kappa shape index (κ1) is 22.1. The number of piperidine rings is 1. The van der Waals surface area contributed by atoms with Crippen LogP contribution in [0.2, 0.25) is 5.02 Å². The maximum Gasteiger partial charge on any atom is 0.337 e. The lowest BCUT2D eigenvalue weighted by atomic mass is 9.85. The Bertz CT molecular complexity index is 1240. The zero-order valence-electron chi connectivity index (χ0n) is 17.2. The fraction of sp³-hybridized carbons (Fsp3) is 0.304. The summed E-state index contributed by atoms with van der Waals surface area (Å²) < 4.78 is 24.2. The molecule has 32 heavy (non-hydrogen) atoms. The molecule has 4 rings (SSSR count). The van der Waals surface area contributed by atoms with Gasteiger partial charge in [-0.05, 0) is 32.1 Å². The van der Waals surface area contributed by atoms with Gasteiger partial charge in [0.2, 0.25) is 0 Å². The molecule has 168 valence electrons. The topological polar surface area (TPSA) is 100 Å². The third-order valence-electron chi connectivity index (χ3n) is 5.66. The van der Waals surface area contributed by atoms with Crippen molar-refractivity contribution < 1.29 is 28.6 Å². The smallest absolute Gasteiger partial charge is 0.337 e. The minimum atomic E-state index is -1.28. The molecule has 0 amide bonds. The number of hydrogen-bond acceptors (Lipinski definition) is 7. The van der Waals surface area contributed by atoms with Crippen molar-refractivity contribution in [3.05, 3.63) is 57.2 Å². The number of nitrogens with zero attached hydrogens (tertiary/aromatic N) is 1. The second-order valence-electron chi connectivity index (χ2n) is 7.81. The number of carbonyl (C=O) groups is 1. The molecule has 2 unspecified atom stereocenters. The van der Waals surface area contributed by atoms with Gasteiger partial charge in [0, 0.05) is 35.7 Å². The number of benzene rings is 2. The summed E-state index contributed by atoms with van der Waals surface area (Å²) in [4.78, 5) is 26.5. The minimum absolute atomic E-state index is 0.0271. The van der Waals surface area contributed by atoms with E-state index in [2.05, 4.69) is 0 Å². The molecule has 2 atom stereocenters. The van der Waals surface area contributed by atoms with Gasteiger partial charge in [-0.2, -0.15) is 0 Å². The first-order chi connectivity index (χ1) is 15.3. The molecule has 0 bridgehead atoms. The molecule has 1 aliphatic rings.